The SMILES string of the molecule is COCCN1CCCC[C@@H]1C1CCN(C(=O)Cc2ccc(C)cc2)CC1. The van der Waals surface area contributed by atoms with E-state index in [2.05, 4.69) is 41.0 Å². The van der Waals surface area contributed by atoms with Crippen molar-refractivity contribution in [3.63, 3.8) is 0 Å². The van der Waals surface area contributed by atoms with Gasteiger partial charge in [0.25, 0.3) is 0 Å². The number of piperidine rings is 2. The van der Waals surface area contributed by atoms with Crippen LogP contribution in [0.1, 0.15) is 43.2 Å². The van der Waals surface area contributed by atoms with E-state index in [0.29, 0.717) is 12.5 Å². The van der Waals surface area contributed by atoms with Crippen molar-refractivity contribution in [3.05, 3.63) is 35.4 Å². The number of likely N-dealkylation sites (tertiary alicyclic amines) is 2. The first-order valence-corrected chi connectivity index (χ1v) is 10.2. The molecule has 2 aliphatic heterocycles. The summed E-state index contributed by atoms with van der Waals surface area (Å²) in [6.07, 6.45) is 6.80. The Morgan fingerprint density at radius 2 is 1.81 bits per heavy atom. The minimum Gasteiger partial charge on any atom is -0.383 e. The Balaban J connectivity index is 1.49. The number of ether oxygens (including phenoxy) is 1. The third-order valence-electron chi connectivity index (χ3n) is 6.16. The Hall–Kier alpha value is -1.39. The Kier molecular flexibility index (Phi) is 7.09. The first kappa shape index (κ1) is 19.4. The number of carbonyl (C=O) groups is 1. The van der Waals surface area contributed by atoms with E-state index in [4.69, 9.17) is 4.74 Å². The van der Waals surface area contributed by atoms with Crippen molar-refractivity contribution in [3.8, 4) is 0 Å². The monoisotopic (exact) mass is 358 g/mol. The van der Waals surface area contributed by atoms with E-state index in [1.165, 1.54) is 31.4 Å². The van der Waals surface area contributed by atoms with Crippen LogP contribution in [0.15, 0.2) is 24.3 Å². The molecule has 144 valence electrons. The van der Waals surface area contributed by atoms with Crippen molar-refractivity contribution < 1.29 is 9.53 Å². The predicted octanol–water partition coefficient (Wildman–Crippen LogP) is 3.28. The van der Waals surface area contributed by atoms with Crippen LogP contribution in [-0.2, 0) is 16.0 Å². The van der Waals surface area contributed by atoms with Gasteiger partial charge in [0, 0.05) is 32.8 Å². The zero-order valence-electron chi connectivity index (χ0n) is 16.5. The molecule has 0 radical (unpaired) electrons. The molecule has 1 aromatic rings. The molecular formula is C22H34N2O2. The third-order valence-corrected chi connectivity index (χ3v) is 6.16. The van der Waals surface area contributed by atoms with Crippen LogP contribution in [0.4, 0.5) is 0 Å². The normalized spacial score (nSPS) is 22.5. The standard InChI is InChI=1S/C22H34N2O2/c1-18-6-8-19(9-7-18)17-22(25)24-13-10-20(11-14-24)21-5-3-4-12-23(21)15-16-26-2/h6-9,20-21H,3-5,10-17H2,1-2H3/t21-/m1/s1. The molecule has 0 saturated carbocycles. The molecule has 4 nitrogen and oxygen atoms in total. The van der Waals surface area contributed by atoms with Gasteiger partial charge in [-0.25, -0.2) is 0 Å². The van der Waals surface area contributed by atoms with E-state index in [0.717, 1.165) is 50.6 Å². The van der Waals surface area contributed by atoms with Crippen LogP contribution in [-0.4, -0.2) is 61.6 Å². The molecule has 0 bridgehead atoms. The number of methoxy groups -OCH3 is 1. The summed E-state index contributed by atoms with van der Waals surface area (Å²) in [5, 5.41) is 0. The van der Waals surface area contributed by atoms with Crippen LogP contribution in [0.5, 0.6) is 0 Å². The summed E-state index contributed by atoms with van der Waals surface area (Å²) in [5.74, 6) is 1.02. The molecule has 1 amide bonds. The number of nitrogens with zero attached hydrogens (tertiary/aromatic N) is 2. The van der Waals surface area contributed by atoms with Gasteiger partial charge < -0.3 is 9.64 Å². The number of carbonyl (C=O) groups excluding carboxylic acids is 1. The molecule has 2 aliphatic rings. The van der Waals surface area contributed by atoms with Crippen molar-refractivity contribution in [2.24, 2.45) is 5.92 Å². The minimum atomic E-state index is 0.284. The summed E-state index contributed by atoms with van der Waals surface area (Å²) in [6.45, 7) is 7.00. The minimum absolute atomic E-state index is 0.284. The number of benzene rings is 1. The van der Waals surface area contributed by atoms with Crippen LogP contribution in [0.2, 0.25) is 0 Å². The molecule has 0 spiro atoms. The molecule has 26 heavy (non-hydrogen) atoms. The number of amides is 1. The lowest BCUT2D eigenvalue weighted by Crippen LogP contribution is -2.49. The number of hydrogen-bond donors (Lipinski definition) is 0. The second-order valence-corrected chi connectivity index (χ2v) is 7.97. The number of rotatable bonds is 6. The van der Waals surface area contributed by atoms with E-state index in [1.807, 2.05) is 0 Å². The van der Waals surface area contributed by atoms with Gasteiger partial charge in [-0.3, -0.25) is 9.69 Å². The third kappa shape index (κ3) is 5.08. The van der Waals surface area contributed by atoms with Gasteiger partial charge in [-0.15, -0.1) is 0 Å². The summed E-state index contributed by atoms with van der Waals surface area (Å²) < 4.78 is 5.30. The highest BCUT2D eigenvalue weighted by molar-refractivity contribution is 5.78. The fourth-order valence-electron chi connectivity index (χ4n) is 4.56. The first-order chi connectivity index (χ1) is 12.7. The fraction of sp³-hybridized carbons (Fsp3) is 0.682. The number of hydrogen-bond acceptors (Lipinski definition) is 3. The maximum Gasteiger partial charge on any atom is 0.226 e. The van der Waals surface area contributed by atoms with E-state index in [-0.39, 0.29) is 5.91 Å². The summed E-state index contributed by atoms with van der Waals surface area (Å²) in [7, 11) is 1.79. The fourth-order valence-corrected chi connectivity index (χ4v) is 4.56. The van der Waals surface area contributed by atoms with Gasteiger partial charge in [-0.1, -0.05) is 36.2 Å². The Labute approximate surface area is 158 Å². The van der Waals surface area contributed by atoms with E-state index in [1.54, 1.807) is 7.11 Å². The second kappa shape index (κ2) is 9.52. The lowest BCUT2D eigenvalue weighted by atomic mass is 9.83. The van der Waals surface area contributed by atoms with Gasteiger partial charge in [-0.05, 0) is 50.6 Å². The summed E-state index contributed by atoms with van der Waals surface area (Å²) in [5.41, 5.74) is 2.37. The summed E-state index contributed by atoms with van der Waals surface area (Å²) >= 11 is 0. The average molecular weight is 359 g/mol. The van der Waals surface area contributed by atoms with Gasteiger partial charge in [0.05, 0.1) is 13.0 Å². The van der Waals surface area contributed by atoms with Gasteiger partial charge >= 0.3 is 0 Å². The molecule has 2 fully saturated rings. The molecular weight excluding hydrogens is 324 g/mol. The highest BCUT2D eigenvalue weighted by Crippen LogP contribution is 2.30. The molecule has 4 heteroatoms. The van der Waals surface area contributed by atoms with Crippen LogP contribution >= 0.6 is 0 Å². The van der Waals surface area contributed by atoms with E-state index < -0.39 is 0 Å². The summed E-state index contributed by atoms with van der Waals surface area (Å²) in [4.78, 5) is 17.4. The van der Waals surface area contributed by atoms with Crippen LogP contribution < -0.4 is 0 Å². The molecule has 2 heterocycles. The molecule has 0 unspecified atom stereocenters. The van der Waals surface area contributed by atoms with Gasteiger partial charge in [0.1, 0.15) is 0 Å². The molecule has 1 atom stereocenters. The topological polar surface area (TPSA) is 32.8 Å². The molecule has 3 rings (SSSR count). The maximum atomic E-state index is 12.6. The quantitative estimate of drug-likeness (QED) is 0.782. The molecule has 0 N–H and O–H groups in total. The zero-order chi connectivity index (χ0) is 18.4. The maximum absolute atomic E-state index is 12.6. The summed E-state index contributed by atoms with van der Waals surface area (Å²) in [6, 6.07) is 9.03. The van der Waals surface area contributed by atoms with E-state index in [9.17, 15) is 4.79 Å². The highest BCUT2D eigenvalue weighted by Gasteiger charge is 2.33. The first-order valence-electron chi connectivity index (χ1n) is 10.2. The largest absolute Gasteiger partial charge is 0.383 e. The Morgan fingerprint density at radius 3 is 2.50 bits per heavy atom. The molecule has 0 aliphatic carbocycles. The number of aryl methyl sites for hydroxylation is 1. The van der Waals surface area contributed by atoms with Gasteiger partial charge in [0.2, 0.25) is 5.91 Å². The Morgan fingerprint density at radius 1 is 1.08 bits per heavy atom. The lowest BCUT2D eigenvalue weighted by molar-refractivity contribution is -0.132. The smallest absolute Gasteiger partial charge is 0.226 e. The van der Waals surface area contributed by atoms with Crippen molar-refractivity contribution in [2.75, 3.05) is 39.9 Å². The van der Waals surface area contributed by atoms with Crippen LogP contribution in [0.25, 0.3) is 0 Å². The van der Waals surface area contributed by atoms with Crippen molar-refractivity contribution in [1.29, 1.82) is 0 Å². The van der Waals surface area contributed by atoms with Crippen molar-refractivity contribution in [1.82, 2.24) is 9.80 Å². The van der Waals surface area contributed by atoms with Gasteiger partial charge in [-0.2, -0.15) is 0 Å². The molecule has 0 aromatic heterocycles. The second-order valence-electron chi connectivity index (χ2n) is 7.97. The highest BCUT2D eigenvalue weighted by atomic mass is 16.5. The van der Waals surface area contributed by atoms with Crippen LogP contribution in [0.3, 0.4) is 0 Å². The van der Waals surface area contributed by atoms with Crippen molar-refractivity contribution >= 4 is 5.91 Å². The Bertz CT molecular complexity index is 564. The zero-order valence-corrected chi connectivity index (χ0v) is 16.5. The predicted molar refractivity (Wildman–Crippen MR) is 105 cm³/mol. The molecule has 2 saturated heterocycles. The van der Waals surface area contributed by atoms with Gasteiger partial charge in [0.15, 0.2) is 0 Å². The van der Waals surface area contributed by atoms with Crippen LogP contribution in [0, 0.1) is 12.8 Å². The van der Waals surface area contributed by atoms with E-state index >= 15 is 0 Å². The average Bonchev–Trinajstić information content (AvgIpc) is 2.68. The lowest BCUT2D eigenvalue weighted by Gasteiger charge is -2.43. The van der Waals surface area contributed by atoms with Crippen molar-refractivity contribution in [2.45, 2.75) is 51.5 Å². The molecule has 1 aromatic carbocycles.